The average Bonchev–Trinajstić information content (AvgIpc) is 2.09. The third kappa shape index (κ3) is 3.67. The largest absolute Gasteiger partial charge is 0.370 e. The second-order valence-corrected chi connectivity index (χ2v) is 2.60. The monoisotopic (exact) mass is 239 g/mol. The van der Waals surface area contributed by atoms with Gasteiger partial charge in [0.2, 0.25) is 0 Å². The van der Waals surface area contributed by atoms with E-state index in [9.17, 15) is 13.2 Å². The average molecular weight is 240 g/mol. The van der Waals surface area contributed by atoms with Gasteiger partial charge in [-0.2, -0.15) is 0 Å². The van der Waals surface area contributed by atoms with E-state index >= 15 is 0 Å². The fourth-order valence-corrected chi connectivity index (χ4v) is 0.861. The molecule has 0 atom stereocenters. The highest BCUT2D eigenvalue weighted by molar-refractivity contribution is 5.85. The van der Waals surface area contributed by atoms with Crippen molar-refractivity contribution in [3.8, 4) is 0 Å². The summed E-state index contributed by atoms with van der Waals surface area (Å²) < 4.78 is 38.0. The van der Waals surface area contributed by atoms with Gasteiger partial charge in [0.15, 0.2) is 17.6 Å². The highest BCUT2D eigenvalue weighted by atomic mass is 35.5. The number of rotatable bonds is 2. The van der Waals surface area contributed by atoms with Crippen LogP contribution in [0.2, 0.25) is 0 Å². The molecule has 0 amide bonds. The van der Waals surface area contributed by atoms with Gasteiger partial charge < -0.3 is 11.5 Å². The van der Waals surface area contributed by atoms with Gasteiger partial charge in [0, 0.05) is 11.6 Å². The SMILES string of the molecule is Cl.NC(N)=NCc1cc(F)c(F)cc1F. The Labute approximate surface area is 90.4 Å². The Hall–Kier alpha value is -1.43. The minimum atomic E-state index is -1.24. The summed E-state index contributed by atoms with van der Waals surface area (Å²) in [5.41, 5.74) is 9.89. The normalized spacial score (nSPS) is 9.27. The molecule has 0 aliphatic carbocycles. The number of aliphatic imine (C=N–C) groups is 1. The smallest absolute Gasteiger partial charge is 0.186 e. The maximum atomic E-state index is 12.9. The molecule has 0 radical (unpaired) electrons. The third-order valence-electron chi connectivity index (χ3n) is 1.52. The molecule has 1 rings (SSSR count). The van der Waals surface area contributed by atoms with Crippen molar-refractivity contribution < 1.29 is 13.2 Å². The van der Waals surface area contributed by atoms with Gasteiger partial charge >= 0.3 is 0 Å². The first kappa shape index (κ1) is 13.6. The predicted octanol–water partition coefficient (Wildman–Crippen LogP) is 1.30. The van der Waals surface area contributed by atoms with Crippen molar-refractivity contribution in [1.82, 2.24) is 0 Å². The molecular formula is C8H9ClF3N3. The van der Waals surface area contributed by atoms with Crippen LogP contribution in [0.3, 0.4) is 0 Å². The first-order chi connectivity index (χ1) is 6.50. The van der Waals surface area contributed by atoms with E-state index < -0.39 is 17.5 Å². The van der Waals surface area contributed by atoms with Crippen LogP contribution in [-0.4, -0.2) is 5.96 Å². The molecule has 1 aromatic carbocycles. The molecule has 0 unspecified atom stereocenters. The van der Waals surface area contributed by atoms with Gasteiger partial charge in [-0.05, 0) is 6.07 Å². The van der Waals surface area contributed by atoms with Crippen LogP contribution < -0.4 is 11.5 Å². The summed E-state index contributed by atoms with van der Waals surface area (Å²) in [5.74, 6) is -3.49. The van der Waals surface area contributed by atoms with Gasteiger partial charge in [-0.1, -0.05) is 0 Å². The van der Waals surface area contributed by atoms with Crippen molar-refractivity contribution in [2.24, 2.45) is 16.5 Å². The fourth-order valence-electron chi connectivity index (χ4n) is 0.861. The van der Waals surface area contributed by atoms with E-state index in [-0.39, 0.29) is 30.5 Å². The lowest BCUT2D eigenvalue weighted by molar-refractivity contribution is 0.490. The summed E-state index contributed by atoms with van der Waals surface area (Å²) in [5, 5.41) is 0. The van der Waals surface area contributed by atoms with E-state index in [1.165, 1.54) is 0 Å². The Bertz CT molecular complexity index is 378. The Morgan fingerprint density at radius 1 is 1.07 bits per heavy atom. The number of benzene rings is 1. The molecule has 0 fully saturated rings. The summed E-state index contributed by atoms with van der Waals surface area (Å²) in [6, 6.07) is 1.17. The molecule has 15 heavy (non-hydrogen) atoms. The topological polar surface area (TPSA) is 64.4 Å². The summed E-state index contributed by atoms with van der Waals surface area (Å²) in [7, 11) is 0. The molecule has 1 aromatic rings. The quantitative estimate of drug-likeness (QED) is 0.464. The highest BCUT2D eigenvalue weighted by Gasteiger charge is 2.08. The van der Waals surface area contributed by atoms with Crippen LogP contribution in [0.1, 0.15) is 5.56 Å². The van der Waals surface area contributed by atoms with E-state index in [1.54, 1.807) is 0 Å². The van der Waals surface area contributed by atoms with E-state index in [1.807, 2.05) is 0 Å². The number of hydrogen-bond acceptors (Lipinski definition) is 1. The standard InChI is InChI=1S/C8H8F3N3.ClH/c9-5-2-7(11)6(10)1-4(5)3-14-8(12)13;/h1-2H,3H2,(H4,12,13,14);1H. The Kier molecular flexibility index (Phi) is 4.93. The van der Waals surface area contributed by atoms with Gasteiger partial charge in [-0.15, -0.1) is 12.4 Å². The Morgan fingerprint density at radius 2 is 1.60 bits per heavy atom. The van der Waals surface area contributed by atoms with E-state index in [4.69, 9.17) is 11.5 Å². The zero-order valence-corrected chi connectivity index (χ0v) is 8.32. The summed E-state index contributed by atoms with van der Waals surface area (Å²) in [6.07, 6.45) is 0. The molecule has 0 spiro atoms. The molecule has 0 saturated carbocycles. The van der Waals surface area contributed by atoms with Crippen LogP contribution >= 0.6 is 12.4 Å². The van der Waals surface area contributed by atoms with Gasteiger partial charge in [-0.3, -0.25) is 0 Å². The zero-order chi connectivity index (χ0) is 10.7. The molecule has 0 aromatic heterocycles. The summed E-state index contributed by atoms with van der Waals surface area (Å²) >= 11 is 0. The highest BCUT2D eigenvalue weighted by Crippen LogP contribution is 2.14. The molecule has 3 nitrogen and oxygen atoms in total. The zero-order valence-electron chi connectivity index (χ0n) is 7.51. The second kappa shape index (κ2) is 5.45. The molecule has 0 saturated heterocycles. The first-order valence-corrected chi connectivity index (χ1v) is 3.69. The number of hydrogen-bond donors (Lipinski definition) is 2. The third-order valence-corrected chi connectivity index (χ3v) is 1.52. The number of nitrogens with zero attached hydrogens (tertiary/aromatic N) is 1. The molecule has 0 aliphatic rings. The van der Waals surface area contributed by atoms with Gasteiger partial charge in [-0.25, -0.2) is 18.2 Å². The van der Waals surface area contributed by atoms with Crippen molar-refractivity contribution in [1.29, 1.82) is 0 Å². The molecule has 7 heteroatoms. The van der Waals surface area contributed by atoms with Crippen molar-refractivity contribution in [3.63, 3.8) is 0 Å². The number of halogens is 4. The lowest BCUT2D eigenvalue weighted by Crippen LogP contribution is -2.22. The molecular weight excluding hydrogens is 231 g/mol. The number of guanidine groups is 1. The van der Waals surface area contributed by atoms with E-state index in [0.717, 1.165) is 6.07 Å². The Morgan fingerprint density at radius 3 is 2.13 bits per heavy atom. The van der Waals surface area contributed by atoms with Crippen molar-refractivity contribution in [2.75, 3.05) is 0 Å². The van der Waals surface area contributed by atoms with Crippen LogP contribution in [0.15, 0.2) is 17.1 Å². The maximum Gasteiger partial charge on any atom is 0.186 e. The van der Waals surface area contributed by atoms with E-state index in [2.05, 4.69) is 4.99 Å². The molecule has 0 aliphatic heterocycles. The fraction of sp³-hybridized carbons (Fsp3) is 0.125. The predicted molar refractivity (Wildman–Crippen MR) is 53.1 cm³/mol. The van der Waals surface area contributed by atoms with Crippen LogP contribution in [0.25, 0.3) is 0 Å². The van der Waals surface area contributed by atoms with E-state index in [0.29, 0.717) is 6.07 Å². The van der Waals surface area contributed by atoms with Crippen LogP contribution in [0.5, 0.6) is 0 Å². The minimum Gasteiger partial charge on any atom is -0.370 e. The minimum absolute atomic E-state index is 0. The van der Waals surface area contributed by atoms with Gasteiger partial charge in [0.1, 0.15) is 5.82 Å². The Balaban J connectivity index is 0.00000196. The van der Waals surface area contributed by atoms with Crippen LogP contribution in [-0.2, 0) is 6.54 Å². The van der Waals surface area contributed by atoms with Crippen LogP contribution in [0, 0.1) is 17.5 Å². The maximum absolute atomic E-state index is 12.9. The number of nitrogens with two attached hydrogens (primary N) is 2. The van der Waals surface area contributed by atoms with Crippen molar-refractivity contribution in [2.45, 2.75) is 6.54 Å². The molecule has 4 N–H and O–H groups in total. The molecule has 84 valence electrons. The lowest BCUT2D eigenvalue weighted by Gasteiger charge is -2.00. The molecule has 0 bridgehead atoms. The second-order valence-electron chi connectivity index (χ2n) is 2.60. The lowest BCUT2D eigenvalue weighted by atomic mass is 10.2. The van der Waals surface area contributed by atoms with Crippen molar-refractivity contribution in [3.05, 3.63) is 35.1 Å². The summed E-state index contributed by atoms with van der Waals surface area (Å²) in [4.78, 5) is 3.47. The van der Waals surface area contributed by atoms with Gasteiger partial charge in [0.25, 0.3) is 0 Å². The first-order valence-electron chi connectivity index (χ1n) is 3.69. The summed E-state index contributed by atoms with van der Waals surface area (Å²) in [6.45, 7) is -0.217. The van der Waals surface area contributed by atoms with Gasteiger partial charge in [0.05, 0.1) is 6.54 Å². The molecule has 0 heterocycles. The van der Waals surface area contributed by atoms with Crippen LogP contribution in [0.4, 0.5) is 13.2 Å². The van der Waals surface area contributed by atoms with Crippen molar-refractivity contribution >= 4 is 18.4 Å².